The average molecular weight is 224 g/mol. The molecule has 3 unspecified atom stereocenters. The van der Waals surface area contributed by atoms with Gasteiger partial charge in [-0.2, -0.15) is 0 Å². The molecule has 1 aliphatic heterocycles. The largest absolute Gasteiger partial charge is 0.323 e. The van der Waals surface area contributed by atoms with E-state index in [9.17, 15) is 4.79 Å². The molecule has 3 atom stereocenters. The van der Waals surface area contributed by atoms with E-state index in [1.165, 1.54) is 32.1 Å². The summed E-state index contributed by atoms with van der Waals surface area (Å²) in [5.74, 6) is 0.998. The van der Waals surface area contributed by atoms with Crippen molar-refractivity contribution in [3.8, 4) is 0 Å². The molecule has 1 aliphatic carbocycles. The van der Waals surface area contributed by atoms with Crippen molar-refractivity contribution in [2.24, 2.45) is 5.92 Å². The predicted molar refractivity (Wildman–Crippen MR) is 64.9 cm³/mol. The van der Waals surface area contributed by atoms with Gasteiger partial charge in [0.05, 0.1) is 12.2 Å². The van der Waals surface area contributed by atoms with Crippen LogP contribution in [0.4, 0.5) is 0 Å². The number of carbonyl (C=O) groups excluding carboxylic acids is 1. The SMILES string of the molecule is CC1NC(C)N(C(C)C2CCCCC2)C1=O. The molecule has 0 aromatic heterocycles. The Morgan fingerprint density at radius 2 is 1.88 bits per heavy atom. The van der Waals surface area contributed by atoms with Gasteiger partial charge in [-0.3, -0.25) is 10.1 Å². The second-order valence-corrected chi connectivity index (χ2v) is 5.45. The minimum Gasteiger partial charge on any atom is -0.323 e. The average Bonchev–Trinajstić information content (AvgIpc) is 2.54. The summed E-state index contributed by atoms with van der Waals surface area (Å²) in [5.41, 5.74) is 0. The molecule has 1 saturated carbocycles. The molecule has 0 spiro atoms. The molecule has 92 valence electrons. The maximum Gasteiger partial charge on any atom is 0.240 e. The van der Waals surface area contributed by atoms with Crippen LogP contribution < -0.4 is 5.32 Å². The maximum absolute atomic E-state index is 12.1. The first-order valence-electron chi connectivity index (χ1n) is 6.69. The summed E-state index contributed by atoms with van der Waals surface area (Å²) in [4.78, 5) is 14.1. The van der Waals surface area contributed by atoms with Crippen LogP contribution in [0.5, 0.6) is 0 Å². The molecule has 1 heterocycles. The highest BCUT2D eigenvalue weighted by molar-refractivity contribution is 5.84. The van der Waals surface area contributed by atoms with Gasteiger partial charge in [-0.25, -0.2) is 0 Å². The molecule has 2 fully saturated rings. The lowest BCUT2D eigenvalue weighted by Gasteiger charge is -2.36. The Balaban J connectivity index is 2.02. The summed E-state index contributed by atoms with van der Waals surface area (Å²) in [6, 6.07) is 0.404. The van der Waals surface area contributed by atoms with E-state index >= 15 is 0 Å². The van der Waals surface area contributed by atoms with Crippen LogP contribution >= 0.6 is 0 Å². The summed E-state index contributed by atoms with van der Waals surface area (Å²) in [6.07, 6.45) is 6.86. The van der Waals surface area contributed by atoms with Gasteiger partial charge in [-0.05, 0) is 39.5 Å². The number of rotatable bonds is 2. The number of amides is 1. The van der Waals surface area contributed by atoms with Crippen LogP contribution in [-0.2, 0) is 4.79 Å². The number of nitrogens with zero attached hydrogens (tertiary/aromatic N) is 1. The van der Waals surface area contributed by atoms with Crippen LogP contribution in [0, 0.1) is 5.92 Å². The topological polar surface area (TPSA) is 32.3 Å². The van der Waals surface area contributed by atoms with Gasteiger partial charge in [0.2, 0.25) is 5.91 Å². The van der Waals surface area contributed by atoms with Crippen LogP contribution in [0.15, 0.2) is 0 Å². The predicted octanol–water partition coefficient (Wildman–Crippen LogP) is 2.12. The summed E-state index contributed by atoms with van der Waals surface area (Å²) in [7, 11) is 0. The van der Waals surface area contributed by atoms with E-state index in [4.69, 9.17) is 0 Å². The molecular weight excluding hydrogens is 200 g/mol. The smallest absolute Gasteiger partial charge is 0.240 e. The lowest BCUT2D eigenvalue weighted by molar-refractivity contribution is -0.132. The molecule has 1 N–H and O–H groups in total. The van der Waals surface area contributed by atoms with Crippen molar-refractivity contribution in [2.45, 2.75) is 71.1 Å². The Labute approximate surface area is 98.6 Å². The van der Waals surface area contributed by atoms with E-state index in [0.29, 0.717) is 12.0 Å². The molecule has 0 bridgehead atoms. The minimum absolute atomic E-state index is 0.000963. The van der Waals surface area contributed by atoms with E-state index < -0.39 is 0 Å². The first-order valence-corrected chi connectivity index (χ1v) is 6.69. The van der Waals surface area contributed by atoms with E-state index in [2.05, 4.69) is 24.1 Å². The Bertz CT molecular complexity index is 261. The van der Waals surface area contributed by atoms with Crippen LogP contribution in [0.3, 0.4) is 0 Å². The molecule has 16 heavy (non-hydrogen) atoms. The van der Waals surface area contributed by atoms with Crippen molar-refractivity contribution < 1.29 is 4.79 Å². The molecule has 0 radical (unpaired) electrons. The number of hydrogen-bond donors (Lipinski definition) is 1. The van der Waals surface area contributed by atoms with E-state index in [0.717, 1.165) is 0 Å². The maximum atomic E-state index is 12.1. The van der Waals surface area contributed by atoms with Crippen molar-refractivity contribution in [1.82, 2.24) is 10.2 Å². The van der Waals surface area contributed by atoms with Gasteiger partial charge in [-0.1, -0.05) is 19.3 Å². The lowest BCUT2D eigenvalue weighted by atomic mass is 9.84. The van der Waals surface area contributed by atoms with Crippen molar-refractivity contribution in [3.63, 3.8) is 0 Å². The molecular formula is C13H24N2O. The lowest BCUT2D eigenvalue weighted by Crippen LogP contribution is -2.45. The van der Waals surface area contributed by atoms with E-state index in [-0.39, 0.29) is 18.1 Å². The molecule has 0 aromatic rings. The number of hydrogen-bond acceptors (Lipinski definition) is 2. The molecule has 1 amide bonds. The van der Waals surface area contributed by atoms with Gasteiger partial charge in [0.15, 0.2) is 0 Å². The van der Waals surface area contributed by atoms with Crippen molar-refractivity contribution in [2.75, 3.05) is 0 Å². The fraction of sp³-hybridized carbons (Fsp3) is 0.923. The van der Waals surface area contributed by atoms with Crippen LogP contribution in [0.25, 0.3) is 0 Å². The van der Waals surface area contributed by atoms with Crippen LogP contribution in [0.2, 0.25) is 0 Å². The Kier molecular flexibility index (Phi) is 3.53. The molecule has 0 aromatic carbocycles. The third-order valence-corrected chi connectivity index (χ3v) is 4.30. The van der Waals surface area contributed by atoms with Gasteiger partial charge in [0, 0.05) is 6.04 Å². The third kappa shape index (κ3) is 2.10. The summed E-state index contributed by atoms with van der Waals surface area (Å²) in [6.45, 7) is 6.29. The van der Waals surface area contributed by atoms with Gasteiger partial charge >= 0.3 is 0 Å². The van der Waals surface area contributed by atoms with Gasteiger partial charge < -0.3 is 4.90 Å². The van der Waals surface area contributed by atoms with Crippen LogP contribution in [-0.4, -0.2) is 29.1 Å². The minimum atomic E-state index is 0.000963. The first kappa shape index (κ1) is 11.9. The fourth-order valence-corrected chi connectivity index (χ4v) is 3.32. The Morgan fingerprint density at radius 1 is 1.25 bits per heavy atom. The molecule has 2 aliphatic rings. The standard InChI is InChI=1S/C13H24N2O/c1-9-13(16)15(11(3)14-9)10(2)12-7-5-4-6-8-12/h9-12,14H,4-8H2,1-3H3. The highest BCUT2D eigenvalue weighted by atomic mass is 16.2. The second-order valence-electron chi connectivity index (χ2n) is 5.45. The Morgan fingerprint density at radius 3 is 2.38 bits per heavy atom. The second kappa shape index (κ2) is 4.74. The zero-order valence-electron chi connectivity index (χ0n) is 10.7. The van der Waals surface area contributed by atoms with Crippen LogP contribution in [0.1, 0.15) is 52.9 Å². The molecule has 3 nitrogen and oxygen atoms in total. The van der Waals surface area contributed by atoms with Crippen molar-refractivity contribution in [1.29, 1.82) is 0 Å². The van der Waals surface area contributed by atoms with Gasteiger partial charge in [0.1, 0.15) is 0 Å². The van der Waals surface area contributed by atoms with Gasteiger partial charge in [0.25, 0.3) is 0 Å². The van der Waals surface area contributed by atoms with E-state index in [1.807, 2.05) is 6.92 Å². The molecule has 3 heteroatoms. The quantitative estimate of drug-likeness (QED) is 0.779. The highest BCUT2D eigenvalue weighted by Gasteiger charge is 2.38. The van der Waals surface area contributed by atoms with Crippen molar-refractivity contribution >= 4 is 5.91 Å². The third-order valence-electron chi connectivity index (χ3n) is 4.30. The summed E-state index contributed by atoms with van der Waals surface area (Å²) in [5, 5.41) is 3.31. The molecule has 1 saturated heterocycles. The fourth-order valence-electron chi connectivity index (χ4n) is 3.32. The normalized spacial score (nSPS) is 34.4. The number of carbonyl (C=O) groups is 1. The monoisotopic (exact) mass is 224 g/mol. The molecule has 2 rings (SSSR count). The van der Waals surface area contributed by atoms with Gasteiger partial charge in [-0.15, -0.1) is 0 Å². The highest BCUT2D eigenvalue weighted by Crippen LogP contribution is 2.30. The van der Waals surface area contributed by atoms with Crippen molar-refractivity contribution in [3.05, 3.63) is 0 Å². The zero-order chi connectivity index (χ0) is 11.7. The Hall–Kier alpha value is -0.570. The van der Waals surface area contributed by atoms with E-state index in [1.54, 1.807) is 0 Å². The number of nitrogens with one attached hydrogen (secondary N) is 1. The summed E-state index contributed by atoms with van der Waals surface area (Å²) < 4.78 is 0. The zero-order valence-corrected chi connectivity index (χ0v) is 10.7. The first-order chi connectivity index (χ1) is 7.61. The summed E-state index contributed by atoms with van der Waals surface area (Å²) >= 11 is 0.